The highest BCUT2D eigenvalue weighted by molar-refractivity contribution is 5.80. The number of aliphatic carboxylic acids is 6. The number of carbonyl (C=O) groups excluding carboxylic acids is 2. The van der Waals surface area contributed by atoms with Crippen LogP contribution in [0, 0.1) is 0 Å². The third-order valence-corrected chi connectivity index (χ3v) is 6.52. The largest absolute Gasteiger partial charge is 0.481 e. The molecule has 0 aliphatic rings. The lowest BCUT2D eigenvalue weighted by Gasteiger charge is -2.35. The van der Waals surface area contributed by atoms with Gasteiger partial charge in [-0.2, -0.15) is 0 Å². The number of hydrogen-bond donors (Lipinski definition) is 8. The van der Waals surface area contributed by atoms with E-state index in [0.29, 0.717) is 0 Å². The first kappa shape index (κ1) is 36.8. The maximum Gasteiger partial charge on any atom is 0.303 e. The van der Waals surface area contributed by atoms with E-state index in [1.54, 1.807) is 0 Å². The normalized spacial score (nSPS) is 11.3. The molecule has 0 aliphatic heterocycles. The molecule has 0 fully saturated rings. The molecule has 8 N–H and O–H groups in total. The van der Waals surface area contributed by atoms with Crippen LogP contribution in [0.1, 0.15) is 96.3 Å². The Labute approximate surface area is 235 Å². The van der Waals surface area contributed by atoms with E-state index in [4.69, 9.17) is 30.6 Å². The first-order valence-corrected chi connectivity index (χ1v) is 12.9. The molecule has 0 heterocycles. The van der Waals surface area contributed by atoms with Crippen LogP contribution in [0.5, 0.6) is 0 Å². The number of nitrogens with one attached hydrogen (secondary N) is 2. The fourth-order valence-corrected chi connectivity index (χ4v) is 4.33. The van der Waals surface area contributed by atoms with E-state index in [2.05, 4.69) is 10.6 Å². The van der Waals surface area contributed by atoms with Crippen molar-refractivity contribution in [3.05, 3.63) is 0 Å². The van der Waals surface area contributed by atoms with Gasteiger partial charge in [-0.25, -0.2) is 0 Å². The van der Waals surface area contributed by atoms with E-state index >= 15 is 0 Å². The van der Waals surface area contributed by atoms with Crippen molar-refractivity contribution in [1.82, 2.24) is 10.6 Å². The fraction of sp³-hybridized carbons (Fsp3) is 0.680. The van der Waals surface area contributed by atoms with E-state index in [1.165, 1.54) is 0 Å². The lowest BCUT2D eigenvalue weighted by molar-refractivity contribution is -0.140. The molecule has 0 spiro atoms. The average molecular weight is 591 g/mol. The van der Waals surface area contributed by atoms with Gasteiger partial charge in [0, 0.05) is 62.4 Å². The molecule has 0 bridgehead atoms. The van der Waals surface area contributed by atoms with Crippen LogP contribution in [0.25, 0.3) is 0 Å². The van der Waals surface area contributed by atoms with Gasteiger partial charge in [0.25, 0.3) is 0 Å². The van der Waals surface area contributed by atoms with E-state index in [-0.39, 0.29) is 57.8 Å². The van der Waals surface area contributed by atoms with Crippen LogP contribution in [0.3, 0.4) is 0 Å². The Kier molecular flexibility index (Phi) is 16.3. The molecule has 0 rings (SSSR count). The second kappa shape index (κ2) is 18.2. The molecular formula is C25H38N2O14. The topological polar surface area (TPSA) is 282 Å². The number of carbonyl (C=O) groups is 8. The third-order valence-electron chi connectivity index (χ3n) is 6.52. The van der Waals surface area contributed by atoms with Crippen LogP contribution >= 0.6 is 0 Å². The standard InChI is InChI=1S/C25H38N2O14/c28-16(26-24(10-4-18(30)31,11-5-19(32)33)12-6-20(34)35)2-1-3-17(29)27-25(13-7-21(36)37,14-8-22(38)39)15-9-23(40)41/h1-15H2,(H,26,28)(H,27,29)(H,30,31)(H,32,33)(H,34,35)(H,36,37)(H,38,39)(H,40,41). The molecule has 16 nitrogen and oxygen atoms in total. The van der Waals surface area contributed by atoms with Crippen molar-refractivity contribution in [2.45, 2.75) is 107 Å². The summed E-state index contributed by atoms with van der Waals surface area (Å²) in [5, 5.41) is 59.6. The van der Waals surface area contributed by atoms with Crippen LogP contribution in [0.15, 0.2) is 0 Å². The van der Waals surface area contributed by atoms with Gasteiger partial charge in [0.2, 0.25) is 11.8 Å². The summed E-state index contributed by atoms with van der Waals surface area (Å²) >= 11 is 0. The van der Waals surface area contributed by atoms with Crippen molar-refractivity contribution in [3.8, 4) is 0 Å². The Balaban J connectivity index is 5.52. The minimum atomic E-state index is -1.44. The van der Waals surface area contributed by atoms with Crippen molar-refractivity contribution in [1.29, 1.82) is 0 Å². The predicted octanol–water partition coefficient (Wildman–Crippen LogP) is 1.06. The highest BCUT2D eigenvalue weighted by Gasteiger charge is 2.35. The number of hydrogen-bond acceptors (Lipinski definition) is 8. The first-order valence-electron chi connectivity index (χ1n) is 12.9. The van der Waals surface area contributed by atoms with Crippen molar-refractivity contribution in [2.24, 2.45) is 0 Å². The molecule has 0 unspecified atom stereocenters. The molecule has 16 heteroatoms. The SMILES string of the molecule is O=C(O)CCC(CCC(=O)O)(CCC(=O)O)NC(=O)CCCC(=O)NC(CCC(=O)O)(CCC(=O)O)CCC(=O)O. The zero-order valence-electron chi connectivity index (χ0n) is 22.6. The van der Waals surface area contributed by atoms with E-state index in [9.17, 15) is 38.4 Å². The molecule has 0 radical (unpaired) electrons. The second-order valence-corrected chi connectivity index (χ2v) is 9.87. The first-order chi connectivity index (χ1) is 19.0. The summed E-state index contributed by atoms with van der Waals surface area (Å²) in [7, 11) is 0. The molecule has 0 atom stereocenters. The summed E-state index contributed by atoms with van der Waals surface area (Å²) in [4.78, 5) is 92.2. The summed E-state index contributed by atoms with van der Waals surface area (Å²) < 4.78 is 0. The van der Waals surface area contributed by atoms with Gasteiger partial charge < -0.3 is 41.3 Å². The molecule has 0 saturated heterocycles. The van der Waals surface area contributed by atoms with Gasteiger partial charge in [0.1, 0.15) is 0 Å². The van der Waals surface area contributed by atoms with Crippen molar-refractivity contribution < 1.29 is 69.0 Å². The van der Waals surface area contributed by atoms with Crippen LogP contribution in [0.4, 0.5) is 0 Å². The van der Waals surface area contributed by atoms with Crippen molar-refractivity contribution in [3.63, 3.8) is 0 Å². The van der Waals surface area contributed by atoms with Crippen LogP contribution in [0.2, 0.25) is 0 Å². The van der Waals surface area contributed by atoms with Gasteiger partial charge >= 0.3 is 35.8 Å². The Hall–Kier alpha value is -4.24. The number of carboxylic acids is 6. The zero-order chi connectivity index (χ0) is 31.6. The van der Waals surface area contributed by atoms with Crippen LogP contribution in [-0.4, -0.2) is 89.3 Å². The molecule has 0 aromatic carbocycles. The molecule has 0 saturated carbocycles. The summed E-state index contributed by atoms with van der Waals surface area (Å²) in [6.45, 7) is 0. The highest BCUT2D eigenvalue weighted by Crippen LogP contribution is 2.28. The zero-order valence-corrected chi connectivity index (χ0v) is 22.6. The van der Waals surface area contributed by atoms with Gasteiger partial charge in [-0.15, -0.1) is 0 Å². The predicted molar refractivity (Wildman–Crippen MR) is 137 cm³/mol. The average Bonchev–Trinajstić information content (AvgIpc) is 2.85. The van der Waals surface area contributed by atoms with Gasteiger partial charge in [-0.3, -0.25) is 38.4 Å². The summed E-state index contributed by atoms with van der Waals surface area (Å²) in [6.07, 6.45) is -4.84. The molecular weight excluding hydrogens is 552 g/mol. The Bertz CT molecular complexity index is 810. The lowest BCUT2D eigenvalue weighted by atomic mass is 9.83. The monoisotopic (exact) mass is 590 g/mol. The van der Waals surface area contributed by atoms with E-state index < -0.39 is 97.2 Å². The number of rotatable bonds is 24. The maximum absolute atomic E-state index is 12.7. The summed E-state index contributed by atoms with van der Waals surface area (Å²) in [5.41, 5.74) is -2.87. The van der Waals surface area contributed by atoms with Crippen molar-refractivity contribution >= 4 is 47.6 Å². The fourth-order valence-electron chi connectivity index (χ4n) is 4.33. The highest BCUT2D eigenvalue weighted by atomic mass is 16.4. The third kappa shape index (κ3) is 17.9. The molecule has 232 valence electrons. The van der Waals surface area contributed by atoms with Gasteiger partial charge in [-0.05, 0) is 44.9 Å². The smallest absolute Gasteiger partial charge is 0.303 e. The lowest BCUT2D eigenvalue weighted by Crippen LogP contribution is -2.50. The minimum Gasteiger partial charge on any atom is -0.481 e. The summed E-state index contributed by atoms with van der Waals surface area (Å²) in [5.74, 6) is -8.77. The maximum atomic E-state index is 12.7. The Morgan fingerprint density at radius 3 is 0.732 bits per heavy atom. The van der Waals surface area contributed by atoms with E-state index in [0.717, 1.165) is 0 Å². The van der Waals surface area contributed by atoms with Gasteiger partial charge in [0.05, 0.1) is 0 Å². The molecule has 0 aromatic rings. The Morgan fingerprint density at radius 2 is 0.561 bits per heavy atom. The quantitative estimate of drug-likeness (QED) is 0.0780. The van der Waals surface area contributed by atoms with Crippen molar-refractivity contribution in [2.75, 3.05) is 0 Å². The Morgan fingerprint density at radius 1 is 0.366 bits per heavy atom. The van der Waals surface area contributed by atoms with Crippen LogP contribution in [-0.2, 0) is 38.4 Å². The number of carboxylic acid groups (broad SMARTS) is 6. The molecule has 41 heavy (non-hydrogen) atoms. The van der Waals surface area contributed by atoms with E-state index in [1.807, 2.05) is 0 Å². The minimum absolute atomic E-state index is 0.0859. The van der Waals surface area contributed by atoms with Gasteiger partial charge in [-0.1, -0.05) is 0 Å². The molecule has 2 amide bonds. The second-order valence-electron chi connectivity index (χ2n) is 9.87. The van der Waals surface area contributed by atoms with Gasteiger partial charge in [0.15, 0.2) is 0 Å². The number of amides is 2. The molecule has 0 aromatic heterocycles. The van der Waals surface area contributed by atoms with Crippen LogP contribution < -0.4 is 10.6 Å². The molecule has 0 aliphatic carbocycles. The summed E-state index contributed by atoms with van der Waals surface area (Å²) in [6, 6.07) is 0.